The van der Waals surface area contributed by atoms with Gasteiger partial charge in [-0.25, -0.2) is 0 Å². The summed E-state index contributed by atoms with van der Waals surface area (Å²) in [7, 11) is 7.86. The molecule has 2 aliphatic rings. The number of hydrogen-bond acceptors (Lipinski definition) is 3. The van der Waals surface area contributed by atoms with Crippen LogP contribution in [0, 0.1) is 0 Å². The van der Waals surface area contributed by atoms with Gasteiger partial charge in [0.2, 0.25) is 0 Å². The fourth-order valence-electron chi connectivity index (χ4n) is 4.38. The molecule has 1 unspecified atom stereocenters. The SMILES string of the molecule is COc1cc2c3c(c1O)-c1c(cccc1OC)CC3[N+](C)(C)CC2.[I-]. The standard InChI is InChI=1S/C20H23NO3.HI/c1-21(2)9-8-13-11-16(24-4)20(22)19-17(13)14(21)10-12-6-5-7-15(23-3)18(12)19;/h5-7,11,14H,8-10H2,1-4H3;1H. The zero-order valence-corrected chi connectivity index (χ0v) is 17.3. The van der Waals surface area contributed by atoms with Gasteiger partial charge in [-0.15, -0.1) is 0 Å². The van der Waals surface area contributed by atoms with E-state index in [4.69, 9.17) is 9.47 Å². The van der Waals surface area contributed by atoms with E-state index in [1.807, 2.05) is 18.2 Å². The van der Waals surface area contributed by atoms with Crippen LogP contribution in [0.4, 0.5) is 0 Å². The number of halogens is 1. The molecule has 1 heterocycles. The number of hydrogen-bond donors (Lipinski definition) is 1. The number of phenols is 1. The van der Waals surface area contributed by atoms with Gasteiger partial charge in [0.1, 0.15) is 11.8 Å². The smallest absolute Gasteiger partial charge is 0.166 e. The van der Waals surface area contributed by atoms with Crippen LogP contribution in [0.25, 0.3) is 11.1 Å². The topological polar surface area (TPSA) is 38.7 Å². The quantitative estimate of drug-likeness (QED) is 0.526. The molecule has 0 saturated carbocycles. The first-order valence-electron chi connectivity index (χ1n) is 8.39. The van der Waals surface area contributed by atoms with Crippen molar-refractivity contribution in [3.8, 4) is 28.4 Å². The molecule has 1 atom stereocenters. The average molecular weight is 453 g/mol. The molecule has 2 aromatic rings. The molecule has 0 bridgehead atoms. The van der Waals surface area contributed by atoms with Gasteiger partial charge in [0.15, 0.2) is 11.5 Å². The van der Waals surface area contributed by atoms with Crippen LogP contribution in [0.2, 0.25) is 0 Å². The summed E-state index contributed by atoms with van der Waals surface area (Å²) in [6, 6.07) is 8.51. The van der Waals surface area contributed by atoms with E-state index < -0.39 is 0 Å². The summed E-state index contributed by atoms with van der Waals surface area (Å²) >= 11 is 0. The lowest BCUT2D eigenvalue weighted by Gasteiger charge is -2.46. The van der Waals surface area contributed by atoms with Gasteiger partial charge >= 0.3 is 0 Å². The minimum absolute atomic E-state index is 0. The molecule has 4 rings (SSSR count). The van der Waals surface area contributed by atoms with Gasteiger partial charge in [0.25, 0.3) is 0 Å². The second-order valence-corrected chi connectivity index (χ2v) is 7.34. The van der Waals surface area contributed by atoms with Crippen LogP contribution < -0.4 is 33.5 Å². The Morgan fingerprint density at radius 2 is 1.76 bits per heavy atom. The third kappa shape index (κ3) is 2.59. The first kappa shape index (κ1) is 18.3. The molecular weight excluding hydrogens is 429 g/mol. The van der Waals surface area contributed by atoms with E-state index in [2.05, 4.69) is 20.2 Å². The van der Waals surface area contributed by atoms with Crippen molar-refractivity contribution in [2.24, 2.45) is 0 Å². The molecule has 25 heavy (non-hydrogen) atoms. The number of likely N-dealkylation sites (N-methyl/N-ethyl adjacent to an activating group) is 1. The maximum absolute atomic E-state index is 10.9. The maximum Gasteiger partial charge on any atom is 0.166 e. The highest BCUT2D eigenvalue weighted by atomic mass is 127. The number of nitrogens with zero attached hydrogens (tertiary/aromatic N) is 1. The lowest BCUT2D eigenvalue weighted by atomic mass is 9.75. The van der Waals surface area contributed by atoms with E-state index >= 15 is 0 Å². The summed E-state index contributed by atoms with van der Waals surface area (Å²) in [5.41, 5.74) is 5.71. The van der Waals surface area contributed by atoms with Gasteiger partial charge in [0, 0.05) is 29.5 Å². The highest BCUT2D eigenvalue weighted by Crippen LogP contribution is 2.55. The normalized spacial score (nSPS) is 19.3. The van der Waals surface area contributed by atoms with Gasteiger partial charge < -0.3 is 43.0 Å². The summed E-state index contributed by atoms with van der Waals surface area (Å²) in [4.78, 5) is 0. The highest BCUT2D eigenvalue weighted by Gasteiger charge is 2.43. The third-order valence-electron chi connectivity index (χ3n) is 5.74. The minimum Gasteiger partial charge on any atom is -1.00 e. The lowest BCUT2D eigenvalue weighted by molar-refractivity contribution is -0.923. The first-order chi connectivity index (χ1) is 11.5. The Balaban J connectivity index is 0.00000182. The Hall–Kier alpha value is -1.47. The number of ether oxygens (including phenoxy) is 2. The molecule has 2 aromatic carbocycles. The van der Waals surface area contributed by atoms with Crippen LogP contribution in [-0.2, 0) is 12.8 Å². The second kappa shape index (κ2) is 6.36. The summed E-state index contributed by atoms with van der Waals surface area (Å²) in [5.74, 6) is 1.59. The van der Waals surface area contributed by atoms with Crippen molar-refractivity contribution < 1.29 is 43.0 Å². The molecule has 0 spiro atoms. The number of phenolic OH excluding ortho intramolecular Hbond substituents is 1. The zero-order valence-electron chi connectivity index (χ0n) is 15.1. The van der Waals surface area contributed by atoms with Gasteiger partial charge in [0.05, 0.1) is 34.9 Å². The van der Waals surface area contributed by atoms with Crippen molar-refractivity contribution in [1.82, 2.24) is 0 Å². The van der Waals surface area contributed by atoms with Crippen molar-refractivity contribution in [1.29, 1.82) is 0 Å². The van der Waals surface area contributed by atoms with Crippen molar-refractivity contribution in [3.05, 3.63) is 41.0 Å². The molecule has 1 aliphatic heterocycles. The monoisotopic (exact) mass is 453 g/mol. The Morgan fingerprint density at radius 3 is 2.44 bits per heavy atom. The van der Waals surface area contributed by atoms with Gasteiger partial charge in [-0.3, -0.25) is 0 Å². The van der Waals surface area contributed by atoms with Crippen molar-refractivity contribution in [2.45, 2.75) is 18.9 Å². The molecule has 4 nitrogen and oxygen atoms in total. The number of benzene rings is 2. The van der Waals surface area contributed by atoms with Crippen LogP contribution in [0.3, 0.4) is 0 Å². The highest BCUT2D eigenvalue weighted by molar-refractivity contribution is 5.86. The molecule has 0 fully saturated rings. The number of rotatable bonds is 2. The van der Waals surface area contributed by atoms with E-state index in [0.29, 0.717) is 11.8 Å². The minimum atomic E-state index is 0. The van der Waals surface area contributed by atoms with E-state index in [0.717, 1.165) is 40.7 Å². The van der Waals surface area contributed by atoms with Crippen molar-refractivity contribution in [2.75, 3.05) is 34.9 Å². The van der Waals surface area contributed by atoms with E-state index in [1.165, 1.54) is 16.7 Å². The Bertz CT molecular complexity index is 832. The predicted molar refractivity (Wildman–Crippen MR) is 93.8 cm³/mol. The van der Waals surface area contributed by atoms with Crippen LogP contribution >= 0.6 is 0 Å². The fourth-order valence-corrected chi connectivity index (χ4v) is 4.38. The molecule has 1 aliphatic carbocycles. The number of quaternary nitrogens is 1. The Kier molecular flexibility index (Phi) is 4.66. The molecular formula is C20H24INO3. The van der Waals surface area contributed by atoms with Gasteiger partial charge in [-0.2, -0.15) is 0 Å². The van der Waals surface area contributed by atoms with Gasteiger partial charge in [-0.1, -0.05) is 12.1 Å². The largest absolute Gasteiger partial charge is 1.00 e. The van der Waals surface area contributed by atoms with Crippen molar-refractivity contribution >= 4 is 0 Å². The summed E-state index contributed by atoms with van der Waals surface area (Å²) in [5, 5.41) is 10.9. The molecule has 0 aromatic heterocycles. The van der Waals surface area contributed by atoms with E-state index in [9.17, 15) is 5.11 Å². The third-order valence-corrected chi connectivity index (χ3v) is 5.74. The van der Waals surface area contributed by atoms with Crippen LogP contribution in [0.5, 0.6) is 17.2 Å². The number of methoxy groups -OCH3 is 2. The molecule has 0 amide bonds. The van der Waals surface area contributed by atoms with Crippen LogP contribution in [-0.4, -0.2) is 44.4 Å². The number of aromatic hydroxyl groups is 1. The molecule has 1 N–H and O–H groups in total. The Morgan fingerprint density at radius 1 is 1.04 bits per heavy atom. The molecule has 0 saturated heterocycles. The fraction of sp³-hybridized carbons (Fsp3) is 0.400. The summed E-state index contributed by atoms with van der Waals surface area (Å²) in [6.07, 6.45) is 1.96. The maximum atomic E-state index is 10.9. The summed E-state index contributed by atoms with van der Waals surface area (Å²) in [6.45, 7) is 1.09. The van der Waals surface area contributed by atoms with E-state index in [1.54, 1.807) is 14.2 Å². The molecule has 134 valence electrons. The number of fused-ring (bicyclic) bond motifs is 2. The molecule has 5 heteroatoms. The van der Waals surface area contributed by atoms with Crippen LogP contribution in [0.15, 0.2) is 24.3 Å². The first-order valence-corrected chi connectivity index (χ1v) is 8.39. The summed E-state index contributed by atoms with van der Waals surface area (Å²) < 4.78 is 12.0. The molecule has 0 radical (unpaired) electrons. The second-order valence-electron chi connectivity index (χ2n) is 7.34. The van der Waals surface area contributed by atoms with Gasteiger partial charge in [-0.05, 0) is 23.3 Å². The lowest BCUT2D eigenvalue weighted by Crippen LogP contribution is -3.00. The average Bonchev–Trinajstić information content (AvgIpc) is 2.58. The predicted octanol–water partition coefficient (Wildman–Crippen LogP) is 0.310. The van der Waals surface area contributed by atoms with Crippen molar-refractivity contribution in [3.63, 3.8) is 0 Å². The zero-order chi connectivity index (χ0) is 17.1. The van der Waals surface area contributed by atoms with E-state index in [-0.39, 0.29) is 29.7 Å². The van der Waals surface area contributed by atoms with Crippen LogP contribution in [0.1, 0.15) is 22.7 Å². The Labute approximate surface area is 166 Å².